The van der Waals surface area contributed by atoms with Crippen LogP contribution in [-0.2, 0) is 9.53 Å². The first kappa shape index (κ1) is 23.9. The van der Waals surface area contributed by atoms with E-state index in [1.165, 1.54) is 7.11 Å². The topological polar surface area (TPSA) is 82.3 Å². The maximum absolute atomic E-state index is 11.9. The lowest BCUT2D eigenvalue weighted by atomic mass is 9.96. The second-order valence-electron chi connectivity index (χ2n) is 7.74. The van der Waals surface area contributed by atoms with E-state index in [0.717, 1.165) is 31.9 Å². The number of hydrogen-bond acceptors (Lipinski definition) is 4. The van der Waals surface area contributed by atoms with Crippen molar-refractivity contribution in [3.63, 3.8) is 0 Å². The minimum Gasteiger partial charge on any atom is -0.375 e. The average Bonchev–Trinajstić information content (AvgIpc) is 3.25. The molecular weight excluding hydrogens is 573 g/mol. The number of methoxy groups -OCH3 is 1. The predicted octanol–water partition coefficient (Wildman–Crippen LogP) is 5.05. The molecule has 172 valence electrons. The van der Waals surface area contributed by atoms with E-state index in [4.69, 9.17) is 28.6 Å². The quantitative estimate of drug-likeness (QED) is 0.274. The molecular formula is C23H23ClIN5O2S. The maximum atomic E-state index is 11.9. The normalized spacial score (nSPS) is 17.8. The third-order valence-corrected chi connectivity index (χ3v) is 7.54. The van der Waals surface area contributed by atoms with Gasteiger partial charge in [-0.1, -0.05) is 17.7 Å². The summed E-state index contributed by atoms with van der Waals surface area (Å²) in [6, 6.07) is 11.1. The Labute approximate surface area is 216 Å². The summed E-state index contributed by atoms with van der Waals surface area (Å²) in [5, 5.41) is 7.22. The highest BCUT2D eigenvalue weighted by Crippen LogP contribution is 2.45. The van der Waals surface area contributed by atoms with Gasteiger partial charge in [0.25, 0.3) is 0 Å². The largest absolute Gasteiger partial charge is 0.375 e. The van der Waals surface area contributed by atoms with Crippen LogP contribution in [0.15, 0.2) is 42.6 Å². The Hall–Kier alpha value is -2.21. The van der Waals surface area contributed by atoms with Crippen LogP contribution in [0.25, 0.3) is 0 Å². The SMILES string of the molecule is COCC(=O)Nc1ccc(N2C(=S)NC(c3ccccn3)C2c2c(C)[nH]c(C)c2I)cc1Cl. The van der Waals surface area contributed by atoms with Gasteiger partial charge in [-0.3, -0.25) is 9.78 Å². The Morgan fingerprint density at radius 2 is 2.09 bits per heavy atom. The Morgan fingerprint density at radius 3 is 2.70 bits per heavy atom. The molecule has 10 heteroatoms. The Kier molecular flexibility index (Phi) is 7.22. The molecule has 2 aromatic heterocycles. The van der Waals surface area contributed by atoms with E-state index in [9.17, 15) is 4.79 Å². The highest BCUT2D eigenvalue weighted by molar-refractivity contribution is 14.1. The maximum Gasteiger partial charge on any atom is 0.250 e. The zero-order valence-electron chi connectivity index (χ0n) is 18.3. The van der Waals surface area contributed by atoms with Crippen molar-refractivity contribution >= 4 is 68.8 Å². The summed E-state index contributed by atoms with van der Waals surface area (Å²) in [5.41, 5.74) is 5.57. The minimum atomic E-state index is -0.272. The lowest BCUT2D eigenvalue weighted by molar-refractivity contribution is -0.119. The molecule has 2 atom stereocenters. The van der Waals surface area contributed by atoms with E-state index in [2.05, 4.69) is 61.9 Å². The van der Waals surface area contributed by atoms with Crippen LogP contribution in [0.2, 0.25) is 5.02 Å². The number of pyridine rings is 1. The molecule has 1 aliphatic rings. The third-order valence-electron chi connectivity index (χ3n) is 5.52. The minimum absolute atomic E-state index is 0.0450. The molecule has 0 spiro atoms. The molecule has 4 rings (SSSR count). The van der Waals surface area contributed by atoms with Gasteiger partial charge >= 0.3 is 0 Å². The number of aromatic amines is 1. The molecule has 2 unspecified atom stereocenters. The number of ether oxygens (including phenoxy) is 1. The van der Waals surface area contributed by atoms with Crippen LogP contribution in [0, 0.1) is 17.4 Å². The van der Waals surface area contributed by atoms with E-state index in [1.54, 1.807) is 12.3 Å². The molecule has 0 radical (unpaired) electrons. The molecule has 3 heterocycles. The number of H-pyrrole nitrogens is 1. The van der Waals surface area contributed by atoms with Crippen molar-refractivity contribution in [3.8, 4) is 0 Å². The van der Waals surface area contributed by atoms with Crippen molar-refractivity contribution in [1.29, 1.82) is 0 Å². The van der Waals surface area contributed by atoms with Crippen LogP contribution >= 0.6 is 46.4 Å². The fourth-order valence-electron chi connectivity index (χ4n) is 4.12. The van der Waals surface area contributed by atoms with Crippen LogP contribution in [0.4, 0.5) is 11.4 Å². The average molecular weight is 596 g/mol. The zero-order chi connectivity index (χ0) is 23.7. The second kappa shape index (κ2) is 9.96. The van der Waals surface area contributed by atoms with Gasteiger partial charge < -0.3 is 25.3 Å². The summed E-state index contributed by atoms with van der Waals surface area (Å²) < 4.78 is 6.03. The van der Waals surface area contributed by atoms with E-state index >= 15 is 0 Å². The molecule has 7 nitrogen and oxygen atoms in total. The van der Waals surface area contributed by atoms with Gasteiger partial charge in [0.1, 0.15) is 6.61 Å². The van der Waals surface area contributed by atoms with Crippen LogP contribution in [0.5, 0.6) is 0 Å². The molecule has 3 N–H and O–H groups in total. The second-order valence-corrected chi connectivity index (χ2v) is 9.62. The number of nitrogens with zero attached hydrogens (tertiary/aromatic N) is 2. The van der Waals surface area contributed by atoms with Gasteiger partial charge in [-0.15, -0.1) is 0 Å². The molecule has 0 saturated carbocycles. The number of hydrogen-bond donors (Lipinski definition) is 3. The fourth-order valence-corrected chi connectivity index (χ4v) is 5.55. The first-order chi connectivity index (χ1) is 15.8. The zero-order valence-corrected chi connectivity index (χ0v) is 22.0. The van der Waals surface area contributed by atoms with Crippen molar-refractivity contribution in [3.05, 3.63) is 73.8 Å². The highest BCUT2D eigenvalue weighted by atomic mass is 127. The van der Waals surface area contributed by atoms with E-state index < -0.39 is 0 Å². The van der Waals surface area contributed by atoms with Crippen molar-refractivity contribution in [1.82, 2.24) is 15.3 Å². The molecule has 0 bridgehead atoms. The number of anilines is 2. The van der Waals surface area contributed by atoms with Gasteiger partial charge in [-0.05, 0) is 79.0 Å². The first-order valence-corrected chi connectivity index (χ1v) is 12.1. The summed E-state index contributed by atoms with van der Waals surface area (Å²) in [5.74, 6) is -0.272. The number of carbonyl (C=O) groups is 1. The van der Waals surface area contributed by atoms with Crippen molar-refractivity contribution in [2.75, 3.05) is 23.9 Å². The van der Waals surface area contributed by atoms with Crippen LogP contribution in [0.3, 0.4) is 0 Å². The van der Waals surface area contributed by atoms with E-state index in [1.807, 2.05) is 30.3 Å². The number of carbonyl (C=O) groups excluding carboxylic acids is 1. The number of thiocarbonyl (C=S) groups is 1. The summed E-state index contributed by atoms with van der Waals surface area (Å²) >= 11 is 14.7. The molecule has 0 aliphatic carbocycles. The fraction of sp³-hybridized carbons (Fsp3) is 0.261. The number of halogens is 2. The Bertz CT molecular complexity index is 1200. The van der Waals surface area contributed by atoms with E-state index in [-0.39, 0.29) is 24.6 Å². The van der Waals surface area contributed by atoms with Crippen molar-refractivity contribution < 1.29 is 9.53 Å². The monoisotopic (exact) mass is 595 g/mol. The van der Waals surface area contributed by atoms with Gasteiger partial charge in [-0.2, -0.15) is 0 Å². The molecule has 3 aromatic rings. The summed E-state index contributed by atoms with van der Waals surface area (Å²) in [6.07, 6.45) is 1.79. The molecule has 1 saturated heterocycles. The van der Waals surface area contributed by atoms with Gasteiger partial charge in [0.2, 0.25) is 5.91 Å². The van der Waals surface area contributed by atoms with Crippen LogP contribution < -0.4 is 15.5 Å². The predicted molar refractivity (Wildman–Crippen MR) is 143 cm³/mol. The Balaban J connectivity index is 1.78. The number of aromatic nitrogens is 2. The van der Waals surface area contributed by atoms with Crippen molar-refractivity contribution in [2.45, 2.75) is 25.9 Å². The van der Waals surface area contributed by atoms with Crippen molar-refractivity contribution in [2.24, 2.45) is 0 Å². The highest BCUT2D eigenvalue weighted by Gasteiger charge is 2.43. The number of aryl methyl sites for hydroxylation is 2. The summed E-state index contributed by atoms with van der Waals surface area (Å²) in [4.78, 5) is 22.0. The molecule has 33 heavy (non-hydrogen) atoms. The number of amides is 1. The van der Waals surface area contributed by atoms with Crippen LogP contribution in [-0.4, -0.2) is 34.7 Å². The third kappa shape index (κ3) is 4.72. The van der Waals surface area contributed by atoms with Gasteiger partial charge in [0, 0.05) is 39.5 Å². The number of rotatable bonds is 6. The number of nitrogens with one attached hydrogen (secondary N) is 3. The molecule has 1 aromatic carbocycles. The lowest BCUT2D eigenvalue weighted by Gasteiger charge is -2.29. The Morgan fingerprint density at radius 1 is 1.30 bits per heavy atom. The number of benzene rings is 1. The first-order valence-electron chi connectivity index (χ1n) is 10.2. The van der Waals surface area contributed by atoms with Gasteiger partial charge in [-0.25, -0.2) is 0 Å². The van der Waals surface area contributed by atoms with Gasteiger partial charge in [0.05, 0.1) is 28.5 Å². The van der Waals surface area contributed by atoms with E-state index in [0.29, 0.717) is 15.8 Å². The molecule has 1 aliphatic heterocycles. The summed E-state index contributed by atoms with van der Waals surface area (Å²) in [6.45, 7) is 4.09. The standard InChI is InChI=1S/C23H23ClIN5O2S/c1-12-19(20(25)13(2)27-12)22-21(17-6-4-5-9-26-17)29-23(33)30(22)14-7-8-16(15(24)10-14)28-18(31)11-32-3/h4-10,21-22,27H,11H2,1-3H3,(H,28,31)(H,29,33). The molecule has 1 amide bonds. The lowest BCUT2D eigenvalue weighted by Crippen LogP contribution is -2.30. The smallest absolute Gasteiger partial charge is 0.250 e. The van der Waals surface area contributed by atoms with Gasteiger partial charge in [0.15, 0.2) is 5.11 Å². The summed E-state index contributed by atoms with van der Waals surface area (Å²) in [7, 11) is 1.47. The molecule has 1 fully saturated rings. The van der Waals surface area contributed by atoms with Crippen LogP contribution in [0.1, 0.15) is 34.7 Å².